The SMILES string of the molecule is C=C(C)C(=O)OCCCC(=O)OCCC(CC(O)CC)OC(C)=O. The second kappa shape index (κ2) is 12.5. The smallest absolute Gasteiger partial charge is 0.333 e. The van der Waals surface area contributed by atoms with Gasteiger partial charge in [-0.3, -0.25) is 9.59 Å². The number of aliphatic hydroxyl groups is 1. The van der Waals surface area contributed by atoms with Gasteiger partial charge in [0.25, 0.3) is 0 Å². The van der Waals surface area contributed by atoms with Crippen LogP contribution >= 0.6 is 0 Å². The Labute approximate surface area is 143 Å². The zero-order valence-electron chi connectivity index (χ0n) is 14.7. The van der Waals surface area contributed by atoms with Crippen LogP contribution in [-0.4, -0.2) is 48.4 Å². The predicted octanol–water partition coefficient (Wildman–Crippen LogP) is 1.91. The van der Waals surface area contributed by atoms with E-state index in [2.05, 4.69) is 6.58 Å². The van der Waals surface area contributed by atoms with Crippen LogP contribution in [0.3, 0.4) is 0 Å². The fourth-order valence-electron chi connectivity index (χ4n) is 1.81. The van der Waals surface area contributed by atoms with Gasteiger partial charge in [0, 0.05) is 31.8 Å². The highest BCUT2D eigenvalue weighted by Gasteiger charge is 2.17. The summed E-state index contributed by atoms with van der Waals surface area (Å²) in [6, 6.07) is 0. The molecule has 0 heterocycles. The minimum absolute atomic E-state index is 0.0960. The highest BCUT2D eigenvalue weighted by molar-refractivity contribution is 5.86. The molecule has 0 saturated carbocycles. The van der Waals surface area contributed by atoms with Crippen molar-refractivity contribution in [3.8, 4) is 0 Å². The molecular weight excluding hydrogens is 316 g/mol. The molecule has 0 radical (unpaired) electrons. The van der Waals surface area contributed by atoms with Gasteiger partial charge < -0.3 is 19.3 Å². The van der Waals surface area contributed by atoms with E-state index < -0.39 is 30.1 Å². The Morgan fingerprint density at radius 2 is 1.79 bits per heavy atom. The first kappa shape index (κ1) is 22.1. The maximum Gasteiger partial charge on any atom is 0.333 e. The molecule has 0 bridgehead atoms. The van der Waals surface area contributed by atoms with Crippen LogP contribution in [0.1, 0.15) is 52.9 Å². The van der Waals surface area contributed by atoms with E-state index in [0.29, 0.717) is 31.3 Å². The Morgan fingerprint density at radius 3 is 2.33 bits per heavy atom. The van der Waals surface area contributed by atoms with Gasteiger partial charge in [-0.2, -0.15) is 0 Å². The Morgan fingerprint density at radius 1 is 1.12 bits per heavy atom. The average Bonchev–Trinajstić information content (AvgIpc) is 2.50. The molecule has 0 aromatic rings. The summed E-state index contributed by atoms with van der Waals surface area (Å²) in [4.78, 5) is 33.7. The summed E-state index contributed by atoms with van der Waals surface area (Å²) >= 11 is 0. The van der Waals surface area contributed by atoms with E-state index in [1.165, 1.54) is 6.92 Å². The van der Waals surface area contributed by atoms with Crippen LogP contribution in [-0.2, 0) is 28.6 Å². The quantitative estimate of drug-likeness (QED) is 0.250. The second-order valence-corrected chi connectivity index (χ2v) is 5.56. The van der Waals surface area contributed by atoms with Crippen LogP contribution in [0.4, 0.5) is 0 Å². The van der Waals surface area contributed by atoms with Crippen molar-refractivity contribution >= 4 is 17.9 Å². The monoisotopic (exact) mass is 344 g/mol. The van der Waals surface area contributed by atoms with Crippen molar-refractivity contribution in [2.24, 2.45) is 0 Å². The summed E-state index contributed by atoms with van der Waals surface area (Å²) in [5.74, 6) is -1.34. The zero-order valence-corrected chi connectivity index (χ0v) is 14.7. The van der Waals surface area contributed by atoms with Crippen LogP contribution in [0, 0.1) is 0 Å². The number of carbonyl (C=O) groups excluding carboxylic acids is 3. The highest BCUT2D eigenvalue weighted by Crippen LogP contribution is 2.11. The molecular formula is C17H28O7. The van der Waals surface area contributed by atoms with Gasteiger partial charge in [-0.1, -0.05) is 13.5 Å². The summed E-state index contributed by atoms with van der Waals surface area (Å²) in [5.41, 5.74) is 0.309. The predicted molar refractivity (Wildman–Crippen MR) is 87.1 cm³/mol. The van der Waals surface area contributed by atoms with Crippen LogP contribution in [0.15, 0.2) is 12.2 Å². The first-order chi connectivity index (χ1) is 11.3. The third-order valence-electron chi connectivity index (χ3n) is 3.15. The number of hydrogen-bond acceptors (Lipinski definition) is 7. The number of rotatable bonds is 12. The number of ether oxygens (including phenoxy) is 3. The van der Waals surface area contributed by atoms with Crippen LogP contribution in [0.25, 0.3) is 0 Å². The first-order valence-electron chi connectivity index (χ1n) is 8.09. The van der Waals surface area contributed by atoms with E-state index in [0.717, 1.165) is 0 Å². The molecule has 2 unspecified atom stereocenters. The van der Waals surface area contributed by atoms with E-state index in [-0.39, 0.29) is 19.6 Å². The molecule has 0 aliphatic carbocycles. The van der Waals surface area contributed by atoms with Gasteiger partial charge in [-0.25, -0.2) is 4.79 Å². The van der Waals surface area contributed by atoms with Crippen LogP contribution in [0.2, 0.25) is 0 Å². The van der Waals surface area contributed by atoms with Crippen molar-refractivity contribution in [3.05, 3.63) is 12.2 Å². The molecule has 7 heteroatoms. The number of esters is 3. The normalized spacial score (nSPS) is 12.8. The molecule has 2 atom stereocenters. The standard InChI is InChI=1S/C17H28O7/c1-5-14(19)11-15(24-13(4)18)8-10-22-16(20)7-6-9-23-17(21)12(2)3/h14-15,19H,2,5-11H2,1,3-4H3. The van der Waals surface area contributed by atoms with Crippen molar-refractivity contribution in [3.63, 3.8) is 0 Å². The van der Waals surface area contributed by atoms with E-state index in [9.17, 15) is 19.5 Å². The van der Waals surface area contributed by atoms with Crippen molar-refractivity contribution < 1.29 is 33.7 Å². The maximum absolute atomic E-state index is 11.6. The molecule has 0 aliphatic heterocycles. The van der Waals surface area contributed by atoms with Gasteiger partial charge in [0.05, 0.1) is 19.3 Å². The fraction of sp³-hybridized carbons (Fsp3) is 0.706. The Balaban J connectivity index is 3.95. The minimum atomic E-state index is -0.562. The summed E-state index contributed by atoms with van der Waals surface area (Å²) in [6.45, 7) is 8.35. The van der Waals surface area contributed by atoms with Crippen molar-refractivity contribution in [1.82, 2.24) is 0 Å². The van der Waals surface area contributed by atoms with Gasteiger partial charge in [0.15, 0.2) is 0 Å². The average molecular weight is 344 g/mol. The molecule has 138 valence electrons. The first-order valence-corrected chi connectivity index (χ1v) is 8.09. The summed E-state index contributed by atoms with van der Waals surface area (Å²) in [5, 5.41) is 9.63. The van der Waals surface area contributed by atoms with Crippen molar-refractivity contribution in [2.45, 2.75) is 65.1 Å². The molecule has 0 aromatic carbocycles. The van der Waals surface area contributed by atoms with E-state index in [1.54, 1.807) is 6.92 Å². The van der Waals surface area contributed by atoms with Gasteiger partial charge in [-0.05, 0) is 19.8 Å². The molecule has 7 nitrogen and oxygen atoms in total. The fourth-order valence-corrected chi connectivity index (χ4v) is 1.81. The molecule has 0 spiro atoms. The molecule has 1 N–H and O–H groups in total. The Kier molecular flexibility index (Phi) is 11.5. The molecule has 0 aromatic heterocycles. The Bertz CT molecular complexity index is 431. The van der Waals surface area contributed by atoms with Gasteiger partial charge >= 0.3 is 17.9 Å². The summed E-state index contributed by atoms with van der Waals surface area (Å²) in [6.07, 6.45) is 0.631. The Hall–Kier alpha value is -1.89. The molecule has 0 amide bonds. The lowest BCUT2D eigenvalue weighted by Gasteiger charge is -2.19. The summed E-state index contributed by atoms with van der Waals surface area (Å²) < 4.78 is 15.0. The maximum atomic E-state index is 11.6. The number of hydrogen-bond donors (Lipinski definition) is 1. The van der Waals surface area contributed by atoms with E-state index >= 15 is 0 Å². The molecule has 0 aliphatic rings. The second-order valence-electron chi connectivity index (χ2n) is 5.56. The molecule has 0 rings (SSSR count). The van der Waals surface area contributed by atoms with Crippen LogP contribution < -0.4 is 0 Å². The topological polar surface area (TPSA) is 99.1 Å². The van der Waals surface area contributed by atoms with Crippen molar-refractivity contribution in [1.29, 1.82) is 0 Å². The van der Waals surface area contributed by atoms with Crippen LogP contribution in [0.5, 0.6) is 0 Å². The largest absolute Gasteiger partial charge is 0.466 e. The molecule has 0 fully saturated rings. The van der Waals surface area contributed by atoms with Crippen molar-refractivity contribution in [2.75, 3.05) is 13.2 Å². The van der Waals surface area contributed by atoms with E-state index in [1.807, 2.05) is 6.92 Å². The molecule has 24 heavy (non-hydrogen) atoms. The summed E-state index contributed by atoms with van der Waals surface area (Å²) in [7, 11) is 0. The van der Waals surface area contributed by atoms with Gasteiger partial charge in [0.2, 0.25) is 0 Å². The molecule has 0 saturated heterocycles. The minimum Gasteiger partial charge on any atom is -0.466 e. The third kappa shape index (κ3) is 11.6. The number of carbonyl (C=O) groups is 3. The highest BCUT2D eigenvalue weighted by atomic mass is 16.6. The van der Waals surface area contributed by atoms with Gasteiger partial charge in [0.1, 0.15) is 6.10 Å². The lowest BCUT2D eigenvalue weighted by molar-refractivity contribution is -0.151. The van der Waals surface area contributed by atoms with E-state index in [4.69, 9.17) is 14.2 Å². The third-order valence-corrected chi connectivity index (χ3v) is 3.15. The number of aliphatic hydroxyl groups excluding tert-OH is 1. The van der Waals surface area contributed by atoms with Gasteiger partial charge in [-0.15, -0.1) is 0 Å². The zero-order chi connectivity index (χ0) is 18.5. The lowest BCUT2D eigenvalue weighted by Crippen LogP contribution is -2.24. The lowest BCUT2D eigenvalue weighted by atomic mass is 10.1.